The van der Waals surface area contributed by atoms with Crippen LogP contribution in [0.5, 0.6) is 5.75 Å². The van der Waals surface area contributed by atoms with E-state index in [9.17, 15) is 35.5 Å². The van der Waals surface area contributed by atoms with Crippen molar-refractivity contribution in [2.75, 3.05) is 18.9 Å². The molecule has 2 heterocycles. The Balaban J connectivity index is 2.53. The lowest BCUT2D eigenvalue weighted by molar-refractivity contribution is -0.291. The maximum atomic E-state index is 13.9. The molecule has 0 aliphatic heterocycles. The minimum atomic E-state index is -6.14. The van der Waals surface area contributed by atoms with Gasteiger partial charge in [-0.3, -0.25) is 4.79 Å². The van der Waals surface area contributed by atoms with Gasteiger partial charge in [0, 0.05) is 50.4 Å². The highest BCUT2D eigenvalue weighted by atomic mass is 35.5. The van der Waals surface area contributed by atoms with E-state index >= 15 is 0 Å². The number of carbonyl (C=O) groups excluding carboxylic acids is 1. The molecule has 198 valence electrons. The van der Waals surface area contributed by atoms with Crippen molar-refractivity contribution in [3.63, 3.8) is 0 Å². The molecule has 0 fully saturated rings. The van der Waals surface area contributed by atoms with Crippen molar-refractivity contribution in [2.45, 2.75) is 32.1 Å². The molecule has 0 saturated heterocycles. The quantitative estimate of drug-likeness (QED) is 0.240. The Labute approximate surface area is 205 Å². The number of hydrogen-bond donors (Lipinski definition) is 2. The number of amides is 1. The van der Waals surface area contributed by atoms with Gasteiger partial charge in [0.2, 0.25) is 0 Å². The summed E-state index contributed by atoms with van der Waals surface area (Å²) in [6, 6.07) is 1.28. The second-order valence-electron chi connectivity index (χ2n) is 7.28. The van der Waals surface area contributed by atoms with Gasteiger partial charge in [-0.25, -0.2) is 9.67 Å². The van der Waals surface area contributed by atoms with E-state index < -0.39 is 41.9 Å². The average Bonchev–Trinajstić information content (AvgIpc) is 3.09. The van der Waals surface area contributed by atoms with E-state index in [1.807, 2.05) is 6.92 Å². The lowest BCUT2D eigenvalue weighted by Crippen LogP contribution is -2.34. The van der Waals surface area contributed by atoms with Crippen LogP contribution in [0.25, 0.3) is 5.57 Å². The van der Waals surface area contributed by atoms with E-state index in [1.165, 1.54) is 24.2 Å². The predicted octanol–water partition coefficient (Wildman–Crippen LogP) is 5.31. The number of rotatable bonds is 10. The second kappa shape index (κ2) is 11.1. The zero-order chi connectivity index (χ0) is 27.4. The summed E-state index contributed by atoms with van der Waals surface area (Å²) < 4.78 is 96.5. The highest BCUT2D eigenvalue weighted by Crippen LogP contribution is 2.48. The number of aromatic nitrogens is 3. The molecule has 2 rings (SSSR count). The standard InChI is InChI=1S/C20H20ClF7N6O2/c1-4-5-33(2)17(35)12-6-10(8-30-15(12)21)11(7-29)9-31-16-13(36-18(22)23)14(32-34(16)3)19(24,25)20(26,27)28/h6-9,18,29,31H,4-5H2,1-3H3/b11-9+,29-7?. The molecule has 2 aromatic heterocycles. The van der Waals surface area contributed by atoms with Crippen LogP contribution in [-0.4, -0.2) is 58.2 Å². The fourth-order valence-electron chi connectivity index (χ4n) is 2.96. The number of nitrogens with one attached hydrogen (secondary N) is 2. The smallest absolute Gasteiger partial charge is 0.429 e. The van der Waals surface area contributed by atoms with E-state index in [4.69, 9.17) is 17.0 Å². The van der Waals surface area contributed by atoms with Crippen LogP contribution in [0.4, 0.5) is 36.6 Å². The Morgan fingerprint density at radius 1 is 1.33 bits per heavy atom. The summed E-state index contributed by atoms with van der Waals surface area (Å²) in [5, 5.41) is 12.8. The summed E-state index contributed by atoms with van der Waals surface area (Å²) in [5.41, 5.74) is -2.05. The van der Waals surface area contributed by atoms with E-state index in [1.54, 1.807) is 0 Å². The molecule has 0 aliphatic carbocycles. The van der Waals surface area contributed by atoms with Crippen molar-refractivity contribution in [3.05, 3.63) is 40.4 Å². The summed E-state index contributed by atoms with van der Waals surface area (Å²) in [4.78, 5) is 17.9. The molecule has 0 aromatic carbocycles. The van der Waals surface area contributed by atoms with Gasteiger partial charge in [0.15, 0.2) is 17.3 Å². The average molecular weight is 545 g/mol. The Hall–Kier alpha value is -3.36. The molecule has 8 nitrogen and oxygen atoms in total. The highest BCUT2D eigenvalue weighted by molar-refractivity contribution is 6.32. The van der Waals surface area contributed by atoms with Crippen LogP contribution < -0.4 is 10.1 Å². The monoisotopic (exact) mass is 544 g/mol. The summed E-state index contributed by atoms with van der Waals surface area (Å²) in [6.45, 7) is -1.49. The van der Waals surface area contributed by atoms with Gasteiger partial charge in [0.05, 0.1) is 5.56 Å². The first-order chi connectivity index (χ1) is 16.6. The summed E-state index contributed by atoms with van der Waals surface area (Å²) in [6.07, 6.45) is -2.66. The van der Waals surface area contributed by atoms with Crippen LogP contribution in [-0.2, 0) is 13.0 Å². The minimum Gasteiger partial charge on any atom is -0.429 e. The van der Waals surface area contributed by atoms with Crippen LogP contribution in [0, 0.1) is 5.41 Å². The molecule has 36 heavy (non-hydrogen) atoms. The first-order valence-corrected chi connectivity index (χ1v) is 10.4. The molecule has 2 aromatic rings. The van der Waals surface area contributed by atoms with Crippen LogP contribution >= 0.6 is 11.6 Å². The Kier molecular flexibility index (Phi) is 8.93. The van der Waals surface area contributed by atoms with Gasteiger partial charge in [0.25, 0.3) is 5.91 Å². The largest absolute Gasteiger partial charge is 0.459 e. The molecule has 16 heteroatoms. The predicted molar refractivity (Wildman–Crippen MR) is 117 cm³/mol. The van der Waals surface area contributed by atoms with Crippen molar-refractivity contribution in [3.8, 4) is 5.75 Å². The third-order valence-corrected chi connectivity index (χ3v) is 4.99. The molecule has 2 N–H and O–H groups in total. The lowest BCUT2D eigenvalue weighted by Gasteiger charge is -2.18. The van der Waals surface area contributed by atoms with E-state index in [2.05, 4.69) is 20.1 Å². The normalized spacial score (nSPS) is 12.6. The SMILES string of the molecule is CCCN(C)C(=O)c1cc(/C(C=N)=C/Nc2c(OC(F)F)c(C(F)(F)C(F)(F)F)nn2C)cnc1Cl. The zero-order valence-electron chi connectivity index (χ0n) is 18.9. The van der Waals surface area contributed by atoms with Gasteiger partial charge < -0.3 is 20.4 Å². The first kappa shape index (κ1) is 28.9. The topological polar surface area (TPSA) is 96.1 Å². The number of pyridine rings is 1. The third kappa shape index (κ3) is 6.06. The fraction of sp³-hybridized carbons (Fsp3) is 0.400. The van der Waals surface area contributed by atoms with Crippen LogP contribution in [0.15, 0.2) is 18.5 Å². The Morgan fingerprint density at radius 3 is 2.50 bits per heavy atom. The van der Waals surface area contributed by atoms with Crippen molar-refractivity contribution in [1.82, 2.24) is 19.7 Å². The maximum absolute atomic E-state index is 13.9. The Morgan fingerprint density at radius 2 is 1.97 bits per heavy atom. The number of hydrogen-bond acceptors (Lipinski definition) is 6. The molecular formula is C20H20ClF7N6O2. The van der Waals surface area contributed by atoms with Gasteiger partial charge in [-0.05, 0) is 12.5 Å². The van der Waals surface area contributed by atoms with Crippen molar-refractivity contribution in [1.29, 1.82) is 5.41 Å². The van der Waals surface area contributed by atoms with Gasteiger partial charge in [-0.1, -0.05) is 18.5 Å². The zero-order valence-corrected chi connectivity index (χ0v) is 19.7. The number of nitrogens with zero attached hydrogens (tertiary/aromatic N) is 4. The first-order valence-electron chi connectivity index (χ1n) is 10.0. The van der Waals surface area contributed by atoms with Crippen molar-refractivity contribution < 1.29 is 40.3 Å². The van der Waals surface area contributed by atoms with Crippen molar-refractivity contribution >= 4 is 35.1 Å². The van der Waals surface area contributed by atoms with E-state index in [0.717, 1.165) is 19.5 Å². The van der Waals surface area contributed by atoms with Gasteiger partial charge in [-0.2, -0.15) is 35.8 Å². The maximum Gasteiger partial charge on any atom is 0.459 e. The lowest BCUT2D eigenvalue weighted by atomic mass is 10.1. The minimum absolute atomic E-state index is 0.0211. The third-order valence-electron chi connectivity index (χ3n) is 4.69. The van der Waals surface area contributed by atoms with Crippen LogP contribution in [0.1, 0.15) is 35.0 Å². The summed E-state index contributed by atoms with van der Waals surface area (Å²) in [5.74, 6) is -8.41. The highest BCUT2D eigenvalue weighted by Gasteiger charge is 2.62. The van der Waals surface area contributed by atoms with Crippen LogP contribution in [0.3, 0.4) is 0 Å². The van der Waals surface area contributed by atoms with E-state index in [-0.39, 0.29) is 21.9 Å². The molecule has 0 radical (unpaired) electrons. The number of carbonyl (C=O) groups is 1. The van der Waals surface area contributed by atoms with Gasteiger partial charge in [0.1, 0.15) is 5.15 Å². The number of ether oxygens (including phenoxy) is 1. The Bertz CT molecular complexity index is 1150. The number of allylic oxidation sites excluding steroid dienone is 1. The number of aryl methyl sites for hydroxylation is 1. The molecule has 0 aliphatic rings. The number of halogens is 8. The van der Waals surface area contributed by atoms with Gasteiger partial charge >= 0.3 is 18.7 Å². The van der Waals surface area contributed by atoms with E-state index in [0.29, 0.717) is 17.6 Å². The summed E-state index contributed by atoms with van der Waals surface area (Å²) in [7, 11) is 2.45. The van der Waals surface area contributed by atoms with Crippen molar-refractivity contribution in [2.24, 2.45) is 7.05 Å². The van der Waals surface area contributed by atoms with Crippen LogP contribution in [0.2, 0.25) is 5.15 Å². The molecular weight excluding hydrogens is 525 g/mol. The number of alkyl halides is 7. The van der Waals surface area contributed by atoms with Gasteiger partial charge in [-0.15, -0.1) is 0 Å². The molecule has 0 unspecified atom stereocenters. The fourth-order valence-corrected chi connectivity index (χ4v) is 3.14. The molecule has 0 saturated carbocycles. The molecule has 1 amide bonds. The number of anilines is 1. The summed E-state index contributed by atoms with van der Waals surface area (Å²) >= 11 is 6.02. The molecule has 0 bridgehead atoms. The second-order valence-corrected chi connectivity index (χ2v) is 7.64. The molecule has 0 atom stereocenters. The molecule has 0 spiro atoms.